The zero-order valence-corrected chi connectivity index (χ0v) is 22.9. The molecule has 2 heterocycles. The highest BCUT2D eigenvalue weighted by atomic mass is 32.2. The van der Waals surface area contributed by atoms with Crippen LogP contribution >= 0.6 is 11.3 Å². The summed E-state index contributed by atoms with van der Waals surface area (Å²) in [5, 5.41) is 11.3. The van der Waals surface area contributed by atoms with Crippen LogP contribution in [0.15, 0.2) is 58.3 Å². The van der Waals surface area contributed by atoms with Crippen LogP contribution in [-0.2, 0) is 31.2 Å². The quantitative estimate of drug-likeness (QED) is 0.424. The van der Waals surface area contributed by atoms with Crippen LogP contribution in [0.5, 0.6) is 0 Å². The van der Waals surface area contributed by atoms with Gasteiger partial charge < -0.3 is 10.1 Å². The largest absolute Gasteiger partial charge is 0.373 e. The number of rotatable bonds is 8. The smallest absolute Gasteiger partial charge is 0.263 e. The molecule has 2 aromatic carbocycles. The molecule has 2 N–H and O–H groups in total. The molecule has 1 saturated heterocycles. The summed E-state index contributed by atoms with van der Waals surface area (Å²) < 4.78 is 60.6. The van der Waals surface area contributed by atoms with Gasteiger partial charge in [-0.2, -0.15) is 4.31 Å². The standard InChI is InChI=1S/C23H27N5O6S3/c1-4-21-25-26-23(35-21)27-36(30,31)19-11-7-18(8-12-19)24-22(29)17-5-9-20(10-6-17)37(32,33)28-13-15(2)34-16(3)14-28/h5-12,15-16H,4,13-14H2,1-3H3,(H,24,29)(H,26,27)/t15-,16-/m0/s1. The van der Waals surface area contributed by atoms with Crippen LogP contribution < -0.4 is 10.0 Å². The number of morpholine rings is 1. The molecule has 37 heavy (non-hydrogen) atoms. The lowest BCUT2D eigenvalue weighted by molar-refractivity contribution is -0.0440. The topological polar surface area (TPSA) is 148 Å². The summed E-state index contributed by atoms with van der Waals surface area (Å²) in [6.07, 6.45) is 0.233. The van der Waals surface area contributed by atoms with Crippen LogP contribution in [0.4, 0.5) is 10.8 Å². The number of anilines is 2. The van der Waals surface area contributed by atoms with Gasteiger partial charge in [0.1, 0.15) is 5.01 Å². The summed E-state index contributed by atoms with van der Waals surface area (Å²) in [6, 6.07) is 11.3. The van der Waals surface area contributed by atoms with E-state index >= 15 is 0 Å². The average Bonchev–Trinajstić information content (AvgIpc) is 3.30. The van der Waals surface area contributed by atoms with Crippen molar-refractivity contribution in [3.8, 4) is 0 Å². The zero-order chi connectivity index (χ0) is 26.8. The number of hydrogen-bond donors (Lipinski definition) is 2. The molecule has 0 bridgehead atoms. The molecule has 0 aliphatic carbocycles. The number of carbonyl (C=O) groups excluding carboxylic acids is 1. The lowest BCUT2D eigenvalue weighted by Gasteiger charge is -2.34. The van der Waals surface area contributed by atoms with Gasteiger partial charge in [0.25, 0.3) is 15.9 Å². The Morgan fingerprint density at radius 2 is 1.57 bits per heavy atom. The number of carbonyl (C=O) groups is 1. The van der Waals surface area contributed by atoms with Gasteiger partial charge in [-0.05, 0) is 68.8 Å². The predicted molar refractivity (Wildman–Crippen MR) is 140 cm³/mol. The second kappa shape index (κ2) is 10.8. The fourth-order valence-corrected chi connectivity index (χ4v) is 7.29. The Hall–Kier alpha value is -2.91. The number of aryl methyl sites for hydroxylation is 1. The SMILES string of the molecule is CCc1nnc(NS(=O)(=O)c2ccc(NC(=O)c3ccc(S(=O)(=O)N4C[C@H](C)O[C@@H](C)C4)cc3)cc2)s1. The van der Waals surface area contributed by atoms with Crippen molar-refractivity contribution < 1.29 is 26.4 Å². The molecule has 3 aromatic rings. The molecule has 1 fully saturated rings. The number of sulfonamides is 2. The van der Waals surface area contributed by atoms with Crippen LogP contribution in [0, 0.1) is 0 Å². The Bertz CT molecular complexity index is 1460. The third kappa shape index (κ3) is 6.33. The monoisotopic (exact) mass is 565 g/mol. The van der Waals surface area contributed by atoms with Gasteiger partial charge in [0, 0.05) is 24.3 Å². The summed E-state index contributed by atoms with van der Waals surface area (Å²) in [5.74, 6) is -0.466. The lowest BCUT2D eigenvalue weighted by Crippen LogP contribution is -2.48. The highest BCUT2D eigenvalue weighted by Gasteiger charge is 2.32. The average molecular weight is 566 g/mol. The van der Waals surface area contributed by atoms with Crippen molar-refractivity contribution in [3.05, 3.63) is 59.1 Å². The molecule has 2 atom stereocenters. The van der Waals surface area contributed by atoms with E-state index in [4.69, 9.17) is 4.74 Å². The highest BCUT2D eigenvalue weighted by Crippen LogP contribution is 2.23. The van der Waals surface area contributed by atoms with Gasteiger partial charge in [-0.1, -0.05) is 18.3 Å². The van der Waals surface area contributed by atoms with Gasteiger partial charge in [0.2, 0.25) is 15.2 Å². The molecule has 0 saturated carbocycles. The van der Waals surface area contributed by atoms with Gasteiger partial charge in [-0.15, -0.1) is 10.2 Å². The van der Waals surface area contributed by atoms with E-state index in [2.05, 4.69) is 20.2 Å². The Morgan fingerprint density at radius 3 is 2.14 bits per heavy atom. The first kappa shape index (κ1) is 27.1. The summed E-state index contributed by atoms with van der Waals surface area (Å²) in [4.78, 5) is 12.8. The van der Waals surface area contributed by atoms with Gasteiger partial charge in [-0.3, -0.25) is 9.52 Å². The first-order valence-corrected chi connectivity index (χ1v) is 15.2. The molecular weight excluding hydrogens is 538 g/mol. The maximum atomic E-state index is 13.0. The number of nitrogens with one attached hydrogen (secondary N) is 2. The number of amides is 1. The van der Waals surface area contributed by atoms with Gasteiger partial charge in [0.05, 0.1) is 22.0 Å². The molecule has 11 nitrogen and oxygen atoms in total. The number of aromatic nitrogens is 2. The minimum absolute atomic E-state index is 0.0000522. The summed E-state index contributed by atoms with van der Waals surface area (Å²) in [5.41, 5.74) is 0.630. The van der Waals surface area contributed by atoms with Gasteiger partial charge in [-0.25, -0.2) is 16.8 Å². The van der Waals surface area contributed by atoms with E-state index in [9.17, 15) is 21.6 Å². The Kier molecular flexibility index (Phi) is 7.94. The van der Waals surface area contributed by atoms with Crippen molar-refractivity contribution in [3.63, 3.8) is 0 Å². The van der Waals surface area contributed by atoms with E-state index < -0.39 is 26.0 Å². The summed E-state index contributed by atoms with van der Waals surface area (Å²) in [7, 11) is -7.58. The van der Waals surface area contributed by atoms with E-state index in [1.54, 1.807) is 0 Å². The number of hydrogen-bond acceptors (Lipinski definition) is 9. The molecule has 1 aliphatic rings. The first-order chi connectivity index (χ1) is 17.5. The van der Waals surface area contributed by atoms with Crippen molar-refractivity contribution >= 4 is 48.1 Å². The van der Waals surface area contributed by atoms with Crippen molar-refractivity contribution in [2.45, 2.75) is 49.2 Å². The molecule has 0 radical (unpaired) electrons. The Labute approximate surface area is 220 Å². The number of benzene rings is 2. The first-order valence-electron chi connectivity index (χ1n) is 11.5. The summed E-state index contributed by atoms with van der Waals surface area (Å²) >= 11 is 1.16. The van der Waals surface area contributed by atoms with E-state index in [0.717, 1.165) is 11.3 Å². The minimum Gasteiger partial charge on any atom is -0.373 e. The van der Waals surface area contributed by atoms with Crippen molar-refractivity contribution in [2.75, 3.05) is 23.1 Å². The van der Waals surface area contributed by atoms with E-state index in [-0.39, 0.29) is 45.8 Å². The Morgan fingerprint density at radius 1 is 0.973 bits per heavy atom. The zero-order valence-electron chi connectivity index (χ0n) is 20.4. The van der Waals surface area contributed by atoms with Crippen LogP contribution in [0.25, 0.3) is 0 Å². The Balaban J connectivity index is 1.41. The maximum Gasteiger partial charge on any atom is 0.263 e. The molecule has 1 aromatic heterocycles. The predicted octanol–water partition coefficient (Wildman–Crippen LogP) is 2.95. The molecule has 4 rings (SSSR count). The molecule has 1 aliphatic heterocycles. The van der Waals surface area contributed by atoms with Crippen LogP contribution in [0.1, 0.15) is 36.1 Å². The maximum absolute atomic E-state index is 13.0. The van der Waals surface area contributed by atoms with Crippen LogP contribution in [0.3, 0.4) is 0 Å². The third-order valence-corrected chi connectivity index (χ3v) is 9.87. The van der Waals surface area contributed by atoms with Gasteiger partial charge in [0.15, 0.2) is 0 Å². The fraction of sp³-hybridized carbons (Fsp3) is 0.348. The van der Waals surface area contributed by atoms with Crippen LogP contribution in [-0.4, -0.2) is 62.5 Å². The number of ether oxygens (including phenoxy) is 1. The third-order valence-electron chi connectivity index (χ3n) is 5.55. The second-order valence-electron chi connectivity index (χ2n) is 8.54. The number of nitrogens with zero attached hydrogens (tertiary/aromatic N) is 3. The van der Waals surface area contributed by atoms with Crippen molar-refractivity contribution in [1.82, 2.24) is 14.5 Å². The molecule has 0 unspecified atom stereocenters. The lowest BCUT2D eigenvalue weighted by atomic mass is 10.2. The molecular formula is C23H27N5O6S3. The molecule has 198 valence electrons. The summed E-state index contributed by atoms with van der Waals surface area (Å²) in [6.45, 7) is 6.07. The highest BCUT2D eigenvalue weighted by molar-refractivity contribution is 7.93. The van der Waals surface area contributed by atoms with Crippen molar-refractivity contribution in [1.29, 1.82) is 0 Å². The molecule has 1 amide bonds. The van der Waals surface area contributed by atoms with E-state index in [0.29, 0.717) is 17.1 Å². The van der Waals surface area contributed by atoms with Gasteiger partial charge >= 0.3 is 0 Å². The molecule has 0 spiro atoms. The minimum atomic E-state index is -3.86. The van der Waals surface area contributed by atoms with Crippen LogP contribution in [0.2, 0.25) is 0 Å². The van der Waals surface area contributed by atoms with E-state index in [1.807, 2.05) is 20.8 Å². The second-order valence-corrected chi connectivity index (χ2v) is 13.2. The normalized spacial score (nSPS) is 18.9. The molecule has 14 heteroatoms. The fourth-order valence-electron chi connectivity index (χ4n) is 3.79. The van der Waals surface area contributed by atoms with E-state index in [1.165, 1.54) is 52.8 Å². The van der Waals surface area contributed by atoms with Crippen molar-refractivity contribution in [2.24, 2.45) is 0 Å².